The summed E-state index contributed by atoms with van der Waals surface area (Å²) in [5.74, 6) is 0.467. The number of hydrogen-bond acceptors (Lipinski definition) is 3. The van der Waals surface area contributed by atoms with Gasteiger partial charge in [0.2, 0.25) is 5.89 Å². The Morgan fingerprint density at radius 2 is 1.89 bits per heavy atom. The maximum Gasteiger partial charge on any atom is 0.229 e. The number of aryl methyl sites for hydroxylation is 1. The molecule has 3 aromatic rings. The maximum absolute atomic E-state index is 6.01. The van der Waals surface area contributed by atoms with Gasteiger partial charge in [0.05, 0.1) is 5.56 Å². The Balaban J connectivity index is 2.23. The van der Waals surface area contributed by atoms with Crippen molar-refractivity contribution in [1.29, 1.82) is 0 Å². The number of nitrogens with two attached hydrogens (primary N) is 1. The lowest BCUT2D eigenvalue weighted by Gasteiger charge is -2.00. The summed E-state index contributed by atoms with van der Waals surface area (Å²) >= 11 is 11.9. The second-order valence-corrected chi connectivity index (χ2v) is 5.19. The van der Waals surface area contributed by atoms with Crippen LogP contribution in [0, 0.1) is 6.92 Å². The van der Waals surface area contributed by atoms with E-state index < -0.39 is 0 Å². The highest BCUT2D eigenvalue weighted by Gasteiger charge is 2.13. The Kier molecular flexibility index (Phi) is 2.88. The molecule has 0 spiro atoms. The highest BCUT2D eigenvalue weighted by atomic mass is 35.5. The van der Waals surface area contributed by atoms with Crippen molar-refractivity contribution in [2.75, 3.05) is 5.73 Å². The minimum Gasteiger partial charge on any atom is -0.436 e. The summed E-state index contributed by atoms with van der Waals surface area (Å²) in [4.78, 5) is 4.42. The molecular formula is C14H10Cl2N2O. The molecule has 2 N–H and O–H groups in total. The average molecular weight is 293 g/mol. The zero-order valence-electron chi connectivity index (χ0n) is 10.1. The van der Waals surface area contributed by atoms with Crippen LogP contribution in [0.1, 0.15) is 5.56 Å². The average Bonchev–Trinajstić information content (AvgIpc) is 2.72. The molecule has 2 aromatic carbocycles. The summed E-state index contributed by atoms with van der Waals surface area (Å²) < 4.78 is 5.77. The van der Waals surface area contributed by atoms with E-state index in [1.807, 2.05) is 13.0 Å². The molecule has 0 bridgehead atoms. The Morgan fingerprint density at radius 3 is 2.63 bits per heavy atom. The third kappa shape index (κ3) is 2.15. The fraction of sp³-hybridized carbons (Fsp3) is 0.0714. The molecule has 0 aliphatic rings. The number of fused-ring (bicyclic) bond motifs is 1. The molecule has 0 radical (unpaired) electrons. The molecule has 3 rings (SSSR count). The van der Waals surface area contributed by atoms with Crippen LogP contribution in [0.15, 0.2) is 34.7 Å². The third-order valence-corrected chi connectivity index (χ3v) is 3.34. The molecule has 0 amide bonds. The quantitative estimate of drug-likeness (QED) is 0.662. The lowest BCUT2D eigenvalue weighted by atomic mass is 10.2. The van der Waals surface area contributed by atoms with E-state index in [4.69, 9.17) is 33.4 Å². The second-order valence-electron chi connectivity index (χ2n) is 4.32. The van der Waals surface area contributed by atoms with Gasteiger partial charge in [0.1, 0.15) is 5.52 Å². The number of nitrogens with zero attached hydrogens (tertiary/aromatic N) is 1. The minimum absolute atomic E-state index is 0.467. The first-order valence-corrected chi connectivity index (χ1v) is 6.42. The Labute approximate surface area is 119 Å². The molecule has 0 unspecified atom stereocenters. The van der Waals surface area contributed by atoms with Crippen molar-refractivity contribution in [2.45, 2.75) is 6.92 Å². The molecule has 0 atom stereocenters. The van der Waals surface area contributed by atoms with Gasteiger partial charge in [0, 0.05) is 15.7 Å². The summed E-state index contributed by atoms with van der Waals surface area (Å²) in [5.41, 5.74) is 9.55. The summed E-state index contributed by atoms with van der Waals surface area (Å²) in [6.45, 7) is 1.92. The molecule has 1 heterocycles. The Morgan fingerprint density at radius 1 is 1.11 bits per heavy atom. The van der Waals surface area contributed by atoms with Crippen LogP contribution in [0.3, 0.4) is 0 Å². The minimum atomic E-state index is 0.467. The molecule has 96 valence electrons. The number of halogens is 2. The van der Waals surface area contributed by atoms with E-state index in [0.29, 0.717) is 32.7 Å². The van der Waals surface area contributed by atoms with Crippen LogP contribution in [0.4, 0.5) is 5.69 Å². The van der Waals surface area contributed by atoms with E-state index >= 15 is 0 Å². The van der Waals surface area contributed by atoms with Crippen molar-refractivity contribution in [3.8, 4) is 11.5 Å². The van der Waals surface area contributed by atoms with Crippen molar-refractivity contribution in [2.24, 2.45) is 0 Å². The normalized spacial score (nSPS) is 11.1. The molecular weight excluding hydrogens is 283 g/mol. The second kappa shape index (κ2) is 4.44. The number of anilines is 1. The first-order chi connectivity index (χ1) is 9.04. The fourth-order valence-corrected chi connectivity index (χ4v) is 2.45. The van der Waals surface area contributed by atoms with E-state index in [1.165, 1.54) is 0 Å². The molecule has 19 heavy (non-hydrogen) atoms. The van der Waals surface area contributed by atoms with Gasteiger partial charge in [-0.05, 0) is 42.8 Å². The number of oxazole rings is 1. The van der Waals surface area contributed by atoms with Gasteiger partial charge in [-0.15, -0.1) is 0 Å². The number of aromatic nitrogens is 1. The third-order valence-electron chi connectivity index (χ3n) is 2.88. The van der Waals surface area contributed by atoms with Gasteiger partial charge in [0.15, 0.2) is 5.58 Å². The number of nitrogen functional groups attached to an aromatic ring is 1. The first-order valence-electron chi connectivity index (χ1n) is 5.66. The zero-order valence-corrected chi connectivity index (χ0v) is 11.6. The SMILES string of the molecule is Cc1cc(Cl)cc2nc(-c3ccc(Cl)cc3N)oc12. The van der Waals surface area contributed by atoms with Gasteiger partial charge >= 0.3 is 0 Å². The van der Waals surface area contributed by atoms with E-state index in [-0.39, 0.29) is 0 Å². The number of hydrogen-bond donors (Lipinski definition) is 1. The van der Waals surface area contributed by atoms with Gasteiger partial charge in [-0.1, -0.05) is 23.2 Å². The highest BCUT2D eigenvalue weighted by Crippen LogP contribution is 2.32. The monoisotopic (exact) mass is 292 g/mol. The molecule has 0 aliphatic carbocycles. The van der Waals surface area contributed by atoms with Crippen LogP contribution in [0.2, 0.25) is 10.0 Å². The van der Waals surface area contributed by atoms with Crippen molar-refractivity contribution >= 4 is 40.0 Å². The van der Waals surface area contributed by atoms with Gasteiger partial charge in [-0.3, -0.25) is 0 Å². The largest absolute Gasteiger partial charge is 0.436 e. The van der Waals surface area contributed by atoms with Crippen molar-refractivity contribution in [1.82, 2.24) is 4.98 Å². The maximum atomic E-state index is 6.01. The molecule has 1 aromatic heterocycles. The van der Waals surface area contributed by atoms with Crippen LogP contribution in [0.5, 0.6) is 0 Å². The lowest BCUT2D eigenvalue weighted by molar-refractivity contribution is 0.617. The van der Waals surface area contributed by atoms with E-state index in [9.17, 15) is 0 Å². The summed E-state index contributed by atoms with van der Waals surface area (Å²) in [6.07, 6.45) is 0. The van der Waals surface area contributed by atoms with E-state index in [2.05, 4.69) is 4.98 Å². The van der Waals surface area contributed by atoms with Crippen LogP contribution >= 0.6 is 23.2 Å². The summed E-state index contributed by atoms with van der Waals surface area (Å²) in [7, 11) is 0. The molecule has 0 aliphatic heterocycles. The molecule has 0 fully saturated rings. The summed E-state index contributed by atoms with van der Waals surface area (Å²) in [5, 5.41) is 1.21. The van der Waals surface area contributed by atoms with Gasteiger partial charge in [-0.2, -0.15) is 0 Å². The van der Waals surface area contributed by atoms with Crippen LogP contribution in [-0.4, -0.2) is 4.98 Å². The van der Waals surface area contributed by atoms with Crippen LogP contribution in [0.25, 0.3) is 22.6 Å². The zero-order chi connectivity index (χ0) is 13.6. The van der Waals surface area contributed by atoms with Crippen molar-refractivity contribution < 1.29 is 4.42 Å². The number of rotatable bonds is 1. The Hall–Kier alpha value is -1.71. The summed E-state index contributed by atoms with van der Waals surface area (Å²) in [6, 6.07) is 8.82. The van der Waals surface area contributed by atoms with Crippen molar-refractivity contribution in [3.63, 3.8) is 0 Å². The molecule has 5 heteroatoms. The fourth-order valence-electron chi connectivity index (χ4n) is 2.00. The predicted molar refractivity (Wildman–Crippen MR) is 78.6 cm³/mol. The topological polar surface area (TPSA) is 52.0 Å². The van der Waals surface area contributed by atoms with Gasteiger partial charge < -0.3 is 10.2 Å². The standard InChI is InChI=1S/C14H10Cl2N2O/c1-7-4-9(16)6-12-13(7)19-14(18-12)10-3-2-8(15)5-11(10)17/h2-6H,17H2,1H3. The lowest BCUT2D eigenvalue weighted by Crippen LogP contribution is -1.89. The number of benzene rings is 2. The van der Waals surface area contributed by atoms with Gasteiger partial charge in [-0.25, -0.2) is 4.98 Å². The van der Waals surface area contributed by atoms with Gasteiger partial charge in [0.25, 0.3) is 0 Å². The van der Waals surface area contributed by atoms with Crippen molar-refractivity contribution in [3.05, 3.63) is 45.9 Å². The van der Waals surface area contributed by atoms with E-state index in [1.54, 1.807) is 24.3 Å². The Bertz CT molecular complexity index is 780. The molecule has 0 saturated carbocycles. The first kappa shape index (κ1) is 12.3. The van der Waals surface area contributed by atoms with E-state index in [0.717, 1.165) is 11.1 Å². The van der Waals surface area contributed by atoms with Crippen LogP contribution < -0.4 is 5.73 Å². The van der Waals surface area contributed by atoms with Crippen LogP contribution in [-0.2, 0) is 0 Å². The molecule has 0 saturated heterocycles. The molecule has 3 nitrogen and oxygen atoms in total. The smallest absolute Gasteiger partial charge is 0.229 e. The predicted octanol–water partition coefficient (Wildman–Crippen LogP) is 4.69. The highest BCUT2D eigenvalue weighted by molar-refractivity contribution is 6.31.